The highest BCUT2D eigenvalue weighted by Gasteiger charge is 2.51. The number of para-hydroxylation sites is 1. The predicted octanol–water partition coefficient (Wildman–Crippen LogP) is 2.46. The lowest BCUT2D eigenvalue weighted by atomic mass is 9.53. The van der Waals surface area contributed by atoms with Crippen molar-refractivity contribution in [3.63, 3.8) is 0 Å². The third kappa shape index (κ3) is 4.39. The molecule has 1 aromatic carbocycles. The Bertz CT molecular complexity index is 982. The number of carbonyl (C=O) groups is 1. The highest BCUT2D eigenvalue weighted by molar-refractivity contribution is 5.79. The molecule has 1 heterocycles. The van der Waals surface area contributed by atoms with Crippen molar-refractivity contribution in [3.05, 3.63) is 40.4 Å². The predicted molar refractivity (Wildman–Crippen MR) is 119 cm³/mol. The zero-order valence-electron chi connectivity index (χ0n) is 18.2. The molecule has 0 atom stereocenters. The third-order valence-electron chi connectivity index (χ3n) is 7.46. The molecule has 4 aliphatic carbocycles. The van der Waals surface area contributed by atoms with Gasteiger partial charge >= 0.3 is 0 Å². The first-order chi connectivity index (χ1) is 15.0. The fraction of sp³-hybridized carbons (Fsp3) is 0.625. The minimum atomic E-state index is -0.148. The second-order valence-electron chi connectivity index (χ2n) is 9.98. The molecule has 7 heteroatoms. The first-order valence-corrected chi connectivity index (χ1v) is 11.5. The summed E-state index contributed by atoms with van der Waals surface area (Å²) in [5.41, 5.74) is 0.533. The summed E-state index contributed by atoms with van der Waals surface area (Å²) in [4.78, 5) is 35.0. The Labute approximate surface area is 182 Å². The normalized spacial score (nSPS) is 29.0. The van der Waals surface area contributed by atoms with Crippen molar-refractivity contribution in [2.24, 2.45) is 17.8 Å². The number of nitrogens with zero attached hydrogens (tertiary/aromatic N) is 2. The Morgan fingerprint density at radius 2 is 1.87 bits per heavy atom. The van der Waals surface area contributed by atoms with Crippen molar-refractivity contribution in [3.8, 4) is 0 Å². The van der Waals surface area contributed by atoms with Crippen LogP contribution in [-0.4, -0.2) is 53.1 Å². The molecule has 4 saturated carbocycles. The van der Waals surface area contributed by atoms with Crippen LogP contribution in [0.15, 0.2) is 29.1 Å². The van der Waals surface area contributed by atoms with Crippen LogP contribution in [0.1, 0.15) is 44.3 Å². The zero-order chi connectivity index (χ0) is 21.4. The van der Waals surface area contributed by atoms with Gasteiger partial charge in [0.25, 0.3) is 5.56 Å². The number of amides is 1. The lowest BCUT2D eigenvalue weighted by Crippen LogP contribution is -2.61. The van der Waals surface area contributed by atoms with Crippen molar-refractivity contribution in [1.82, 2.24) is 20.2 Å². The van der Waals surface area contributed by atoms with E-state index in [2.05, 4.69) is 15.3 Å². The Morgan fingerprint density at radius 1 is 1.19 bits per heavy atom. The van der Waals surface area contributed by atoms with Crippen molar-refractivity contribution < 1.29 is 9.53 Å². The summed E-state index contributed by atoms with van der Waals surface area (Å²) in [7, 11) is 1.66. The first kappa shape index (κ1) is 20.6. The van der Waals surface area contributed by atoms with Gasteiger partial charge in [-0.1, -0.05) is 12.1 Å². The van der Waals surface area contributed by atoms with E-state index in [9.17, 15) is 9.59 Å². The van der Waals surface area contributed by atoms with E-state index >= 15 is 0 Å². The lowest BCUT2D eigenvalue weighted by molar-refractivity contribution is -0.128. The molecule has 4 bridgehead atoms. The first-order valence-electron chi connectivity index (χ1n) is 11.5. The van der Waals surface area contributed by atoms with Crippen LogP contribution in [0.25, 0.3) is 10.9 Å². The van der Waals surface area contributed by atoms with E-state index in [1.165, 1.54) is 19.3 Å². The van der Waals surface area contributed by atoms with Crippen LogP contribution in [0.5, 0.6) is 0 Å². The molecule has 1 aromatic heterocycles. The monoisotopic (exact) mass is 424 g/mol. The topological polar surface area (TPSA) is 87.3 Å². The molecule has 0 radical (unpaired) electrons. The van der Waals surface area contributed by atoms with Gasteiger partial charge in [0.2, 0.25) is 5.91 Å². The molecule has 2 aromatic rings. The number of benzene rings is 1. The van der Waals surface area contributed by atoms with Crippen LogP contribution in [0.2, 0.25) is 0 Å². The number of hydrogen-bond acceptors (Lipinski definition) is 5. The van der Waals surface area contributed by atoms with Gasteiger partial charge in [0.1, 0.15) is 5.82 Å². The summed E-state index contributed by atoms with van der Waals surface area (Å²) in [6.45, 7) is 1.79. The quantitative estimate of drug-likeness (QED) is 0.680. The van der Waals surface area contributed by atoms with Crippen molar-refractivity contribution in [2.45, 2.75) is 50.6 Å². The number of aromatic nitrogens is 2. The molecule has 1 amide bonds. The standard InChI is InChI=1S/C24H32N4O3/c1-31-7-6-28(14-21-25-20-5-3-2-4-19(20)23(30)26-21)15-22(29)27-24-11-16-8-17(12-24)10-18(9-16)13-24/h2-5,16-18H,6-15H2,1H3,(H,27,29)(H,25,26,30). The second-order valence-corrected chi connectivity index (χ2v) is 9.98. The van der Waals surface area contributed by atoms with Gasteiger partial charge in [0, 0.05) is 19.2 Å². The van der Waals surface area contributed by atoms with Gasteiger partial charge < -0.3 is 15.0 Å². The Balaban J connectivity index is 1.28. The highest BCUT2D eigenvalue weighted by Crippen LogP contribution is 2.55. The third-order valence-corrected chi connectivity index (χ3v) is 7.46. The SMILES string of the molecule is COCCN(CC(=O)NC12CC3CC(CC(C3)C1)C2)Cc1nc2ccccc2c(=O)[nH]1. The number of carbonyl (C=O) groups excluding carboxylic acids is 1. The summed E-state index contributed by atoms with van der Waals surface area (Å²) >= 11 is 0. The van der Waals surface area contributed by atoms with Crippen molar-refractivity contribution >= 4 is 16.8 Å². The minimum absolute atomic E-state index is 0.00821. The maximum absolute atomic E-state index is 13.1. The van der Waals surface area contributed by atoms with Gasteiger partial charge in [0.15, 0.2) is 0 Å². The van der Waals surface area contributed by atoms with Crippen LogP contribution in [0, 0.1) is 17.8 Å². The van der Waals surface area contributed by atoms with Crippen LogP contribution in [0.4, 0.5) is 0 Å². The number of ether oxygens (including phenoxy) is 1. The largest absolute Gasteiger partial charge is 0.383 e. The zero-order valence-corrected chi connectivity index (χ0v) is 18.2. The number of H-pyrrole nitrogens is 1. The summed E-state index contributed by atoms with van der Waals surface area (Å²) in [6, 6.07) is 7.32. The molecule has 0 saturated heterocycles. The summed E-state index contributed by atoms with van der Waals surface area (Å²) in [6.07, 6.45) is 7.50. The molecule has 6 rings (SSSR count). The molecule has 2 N–H and O–H groups in total. The molecule has 31 heavy (non-hydrogen) atoms. The van der Waals surface area contributed by atoms with Gasteiger partial charge in [-0.3, -0.25) is 14.5 Å². The van der Waals surface area contributed by atoms with E-state index in [0.717, 1.165) is 37.0 Å². The molecule has 0 unspecified atom stereocenters. The lowest BCUT2D eigenvalue weighted by Gasteiger charge is -2.57. The molecule has 166 valence electrons. The fourth-order valence-corrected chi connectivity index (χ4v) is 6.66. The molecule has 4 aliphatic rings. The van der Waals surface area contributed by atoms with Crippen molar-refractivity contribution in [2.75, 3.05) is 26.8 Å². The van der Waals surface area contributed by atoms with E-state index in [1.807, 2.05) is 23.1 Å². The van der Waals surface area contributed by atoms with Gasteiger partial charge in [-0.05, 0) is 68.4 Å². The molecular weight excluding hydrogens is 392 g/mol. The highest BCUT2D eigenvalue weighted by atomic mass is 16.5. The van der Waals surface area contributed by atoms with Crippen LogP contribution >= 0.6 is 0 Å². The average molecular weight is 425 g/mol. The number of methoxy groups -OCH3 is 1. The summed E-state index contributed by atoms with van der Waals surface area (Å²) in [5, 5.41) is 4.02. The van der Waals surface area contributed by atoms with E-state index < -0.39 is 0 Å². The molecule has 0 aliphatic heterocycles. The van der Waals surface area contributed by atoms with Gasteiger partial charge in [-0.25, -0.2) is 4.98 Å². The number of fused-ring (bicyclic) bond motifs is 1. The van der Waals surface area contributed by atoms with Crippen molar-refractivity contribution in [1.29, 1.82) is 0 Å². The van der Waals surface area contributed by atoms with Gasteiger partial charge in [0.05, 0.1) is 30.6 Å². The van der Waals surface area contributed by atoms with Crippen LogP contribution in [0.3, 0.4) is 0 Å². The summed E-state index contributed by atoms with van der Waals surface area (Å²) in [5.74, 6) is 3.03. The number of hydrogen-bond donors (Lipinski definition) is 2. The summed E-state index contributed by atoms with van der Waals surface area (Å²) < 4.78 is 5.25. The molecule has 0 spiro atoms. The molecule has 4 fully saturated rings. The Kier molecular flexibility index (Phi) is 5.56. The number of rotatable bonds is 8. The minimum Gasteiger partial charge on any atom is -0.383 e. The van der Waals surface area contributed by atoms with Crippen LogP contribution in [-0.2, 0) is 16.1 Å². The van der Waals surface area contributed by atoms with E-state index in [4.69, 9.17) is 4.74 Å². The maximum Gasteiger partial charge on any atom is 0.258 e. The second kappa shape index (κ2) is 8.36. The van der Waals surface area contributed by atoms with E-state index in [1.54, 1.807) is 13.2 Å². The van der Waals surface area contributed by atoms with E-state index in [-0.39, 0.29) is 23.6 Å². The maximum atomic E-state index is 13.1. The fourth-order valence-electron chi connectivity index (χ4n) is 6.66. The molecular formula is C24H32N4O3. The smallest absolute Gasteiger partial charge is 0.258 e. The molecule has 7 nitrogen and oxygen atoms in total. The van der Waals surface area contributed by atoms with Crippen LogP contribution < -0.4 is 10.9 Å². The van der Waals surface area contributed by atoms with Gasteiger partial charge in [-0.2, -0.15) is 0 Å². The Hall–Kier alpha value is -2.25. The number of aromatic amines is 1. The average Bonchev–Trinajstić information content (AvgIpc) is 2.70. The number of nitrogens with one attached hydrogen (secondary N) is 2. The van der Waals surface area contributed by atoms with Gasteiger partial charge in [-0.15, -0.1) is 0 Å². The van der Waals surface area contributed by atoms with E-state index in [0.29, 0.717) is 36.4 Å². The Morgan fingerprint density at radius 3 is 2.55 bits per heavy atom.